The molecule has 0 aliphatic carbocycles. The number of azide groups is 1. The van der Waals surface area contributed by atoms with E-state index >= 15 is 0 Å². The van der Waals surface area contributed by atoms with Crippen molar-refractivity contribution in [3.8, 4) is 0 Å². The van der Waals surface area contributed by atoms with Gasteiger partial charge >= 0.3 is 0 Å². The molecule has 9 nitrogen and oxygen atoms in total. The highest BCUT2D eigenvalue weighted by Gasteiger charge is 2.34. The van der Waals surface area contributed by atoms with Crippen LogP contribution in [0.3, 0.4) is 0 Å². The van der Waals surface area contributed by atoms with Crippen molar-refractivity contribution in [2.24, 2.45) is 5.11 Å². The molecule has 3 atom stereocenters. The van der Waals surface area contributed by atoms with Crippen molar-refractivity contribution in [1.82, 2.24) is 0 Å². The van der Waals surface area contributed by atoms with Gasteiger partial charge in [-0.15, -0.1) is 0 Å². The summed E-state index contributed by atoms with van der Waals surface area (Å²) < 4.78 is 46.4. The first-order valence-electron chi connectivity index (χ1n) is 10.1. The number of hydrogen-bond acceptors (Lipinski definition) is 7. The second-order valence-electron chi connectivity index (χ2n) is 6.63. The Labute approximate surface area is 169 Å². The molecule has 0 aliphatic rings. The first-order chi connectivity index (χ1) is 13.4. The van der Waals surface area contributed by atoms with Crippen LogP contribution in [0.2, 0.25) is 0 Å². The summed E-state index contributed by atoms with van der Waals surface area (Å²) in [4.78, 5) is 2.80. The predicted molar refractivity (Wildman–Crippen MR) is 109 cm³/mol. The maximum atomic E-state index is 11.8. The Bertz CT molecular complexity index is 525. The van der Waals surface area contributed by atoms with Gasteiger partial charge in [-0.2, -0.15) is 8.42 Å². The van der Waals surface area contributed by atoms with Gasteiger partial charge in [-0.3, -0.25) is 4.18 Å². The van der Waals surface area contributed by atoms with Crippen LogP contribution in [0.4, 0.5) is 0 Å². The maximum absolute atomic E-state index is 11.8. The number of unbranched alkanes of at least 4 members (excludes halogenated alkanes) is 3. The third-order valence-corrected chi connectivity index (χ3v) is 4.52. The van der Waals surface area contributed by atoms with Gasteiger partial charge in [-0.1, -0.05) is 45.1 Å². The van der Waals surface area contributed by atoms with Gasteiger partial charge in [0.2, 0.25) is 0 Å². The molecule has 0 aromatic heterocycles. The lowest BCUT2D eigenvalue weighted by atomic mass is 10.1. The zero-order valence-corrected chi connectivity index (χ0v) is 18.5. The van der Waals surface area contributed by atoms with Crippen LogP contribution in [0.1, 0.15) is 59.3 Å². The summed E-state index contributed by atoms with van der Waals surface area (Å²) in [5.41, 5.74) is 8.72. The fourth-order valence-corrected chi connectivity index (χ4v) is 3.03. The van der Waals surface area contributed by atoms with Gasteiger partial charge < -0.3 is 14.2 Å². The van der Waals surface area contributed by atoms with E-state index in [1.54, 1.807) is 0 Å². The van der Waals surface area contributed by atoms with Crippen LogP contribution in [-0.2, 0) is 28.5 Å². The molecule has 0 amide bonds. The molecule has 0 saturated heterocycles. The van der Waals surface area contributed by atoms with Crippen molar-refractivity contribution in [3.63, 3.8) is 0 Å². The van der Waals surface area contributed by atoms with Gasteiger partial charge in [0.05, 0.1) is 25.5 Å². The van der Waals surface area contributed by atoms with Gasteiger partial charge in [0.1, 0.15) is 12.2 Å². The molecule has 1 unspecified atom stereocenters. The van der Waals surface area contributed by atoms with Crippen LogP contribution >= 0.6 is 0 Å². The molecular weight excluding hydrogens is 386 g/mol. The lowest BCUT2D eigenvalue weighted by Gasteiger charge is -2.32. The van der Waals surface area contributed by atoms with Crippen molar-refractivity contribution in [1.29, 1.82) is 0 Å². The predicted octanol–water partition coefficient (Wildman–Crippen LogP) is 3.83. The molecule has 28 heavy (non-hydrogen) atoms. The molecule has 0 rings (SSSR count). The molecule has 0 bridgehead atoms. The highest BCUT2D eigenvalue weighted by Crippen LogP contribution is 2.17. The fraction of sp³-hybridized carbons (Fsp3) is 1.00. The summed E-state index contributed by atoms with van der Waals surface area (Å²) >= 11 is 0. The van der Waals surface area contributed by atoms with Gasteiger partial charge in [-0.25, -0.2) is 0 Å². The SMILES string of the molecule is CCCCOC[C@@H](OS(C)(=O)=O)[C@@H](OCCCC)C(CN=[N+]=[N-])OCCCC. The molecule has 0 heterocycles. The summed E-state index contributed by atoms with van der Waals surface area (Å²) in [7, 11) is -3.74. The van der Waals surface area contributed by atoms with Gasteiger partial charge in [0.15, 0.2) is 0 Å². The van der Waals surface area contributed by atoms with E-state index in [9.17, 15) is 8.42 Å². The molecule has 0 fully saturated rings. The molecule has 0 radical (unpaired) electrons. The van der Waals surface area contributed by atoms with Crippen LogP contribution in [0, 0.1) is 0 Å². The highest BCUT2D eigenvalue weighted by molar-refractivity contribution is 7.86. The molecule has 0 saturated carbocycles. The monoisotopic (exact) mass is 423 g/mol. The van der Waals surface area contributed by atoms with Crippen LogP contribution in [0.25, 0.3) is 10.4 Å². The second kappa shape index (κ2) is 17.0. The summed E-state index contributed by atoms with van der Waals surface area (Å²) in [6, 6.07) is 0. The van der Waals surface area contributed by atoms with E-state index in [1.165, 1.54) is 0 Å². The molecule has 0 aliphatic heterocycles. The summed E-state index contributed by atoms with van der Waals surface area (Å²) in [6.07, 6.45) is 4.09. The van der Waals surface area contributed by atoms with Gasteiger partial charge in [0.25, 0.3) is 10.1 Å². The van der Waals surface area contributed by atoms with Crippen molar-refractivity contribution in [2.75, 3.05) is 39.2 Å². The van der Waals surface area contributed by atoms with E-state index in [-0.39, 0.29) is 13.2 Å². The Morgan fingerprint density at radius 1 is 0.929 bits per heavy atom. The smallest absolute Gasteiger partial charge is 0.264 e. The lowest BCUT2D eigenvalue weighted by Crippen LogP contribution is -2.47. The normalized spacial score (nSPS) is 15.0. The first kappa shape index (κ1) is 27.1. The van der Waals surface area contributed by atoms with Crippen LogP contribution in [-0.4, -0.2) is 66.0 Å². The lowest BCUT2D eigenvalue weighted by molar-refractivity contribution is -0.126. The quantitative estimate of drug-likeness (QED) is 0.102. The molecular formula is C18H37N3O6S. The van der Waals surface area contributed by atoms with E-state index < -0.39 is 28.4 Å². The number of nitrogens with zero attached hydrogens (tertiary/aromatic N) is 3. The average molecular weight is 424 g/mol. The topological polar surface area (TPSA) is 120 Å². The number of hydrogen-bond donors (Lipinski definition) is 0. The molecule has 0 aromatic rings. The van der Waals surface area contributed by atoms with E-state index in [2.05, 4.69) is 10.0 Å². The van der Waals surface area contributed by atoms with Gasteiger partial charge in [-0.05, 0) is 24.8 Å². The summed E-state index contributed by atoms with van der Waals surface area (Å²) in [5.74, 6) is 0. The largest absolute Gasteiger partial charge is 0.379 e. The van der Waals surface area contributed by atoms with E-state index in [0.717, 1.165) is 44.8 Å². The number of rotatable bonds is 19. The molecule has 0 N–H and O–H groups in total. The van der Waals surface area contributed by atoms with E-state index in [1.807, 2.05) is 20.8 Å². The van der Waals surface area contributed by atoms with Gasteiger partial charge in [0, 0.05) is 24.7 Å². The van der Waals surface area contributed by atoms with Crippen LogP contribution in [0.15, 0.2) is 5.11 Å². The zero-order valence-electron chi connectivity index (χ0n) is 17.7. The Balaban J connectivity index is 5.45. The van der Waals surface area contributed by atoms with Crippen molar-refractivity contribution >= 4 is 10.1 Å². The Hall–Kier alpha value is -0.900. The minimum Gasteiger partial charge on any atom is -0.379 e. The first-order valence-corrected chi connectivity index (χ1v) is 11.9. The average Bonchev–Trinajstić information content (AvgIpc) is 2.64. The van der Waals surface area contributed by atoms with E-state index in [4.69, 9.17) is 23.9 Å². The summed E-state index contributed by atoms with van der Waals surface area (Å²) in [5, 5.41) is 3.62. The Kier molecular flexibility index (Phi) is 16.5. The standard InChI is InChI=1S/C18H37N3O6S/c1-5-8-11-24-15-17(27-28(4,22)23)18(26-13-10-7-3)16(14-20-21-19)25-12-9-6-2/h16-18H,5-15H2,1-4H3/t16?,17-,18+/m1/s1. The summed E-state index contributed by atoms with van der Waals surface area (Å²) in [6.45, 7) is 7.57. The number of ether oxygens (including phenoxy) is 3. The maximum Gasteiger partial charge on any atom is 0.264 e. The van der Waals surface area contributed by atoms with Crippen molar-refractivity contribution < 1.29 is 26.8 Å². The highest BCUT2D eigenvalue weighted by atomic mass is 32.2. The fourth-order valence-electron chi connectivity index (χ4n) is 2.41. The zero-order chi connectivity index (χ0) is 21.3. The van der Waals surface area contributed by atoms with Crippen LogP contribution in [0.5, 0.6) is 0 Å². The molecule has 0 aromatic carbocycles. The third-order valence-electron chi connectivity index (χ3n) is 3.92. The van der Waals surface area contributed by atoms with Crippen molar-refractivity contribution in [2.45, 2.75) is 77.6 Å². The van der Waals surface area contributed by atoms with Crippen LogP contribution < -0.4 is 0 Å². The second-order valence-corrected chi connectivity index (χ2v) is 8.23. The van der Waals surface area contributed by atoms with E-state index in [0.29, 0.717) is 19.8 Å². The molecule has 0 spiro atoms. The Morgan fingerprint density at radius 2 is 1.50 bits per heavy atom. The third kappa shape index (κ3) is 14.1. The minimum atomic E-state index is -3.74. The minimum absolute atomic E-state index is 0.0234. The van der Waals surface area contributed by atoms with Crippen molar-refractivity contribution in [3.05, 3.63) is 10.4 Å². The molecule has 10 heteroatoms. The Morgan fingerprint density at radius 3 is 2.04 bits per heavy atom. The molecule has 166 valence electrons.